The van der Waals surface area contributed by atoms with Crippen molar-refractivity contribution in [3.8, 4) is 0 Å². The van der Waals surface area contributed by atoms with Crippen LogP contribution in [-0.2, 0) is 6.54 Å². The lowest BCUT2D eigenvalue weighted by Crippen LogP contribution is -2.35. The SMILES string of the molecule is C=Cn1cc[n+](CC(=O)c2cccs2)c1. The van der Waals surface area contributed by atoms with Crippen LogP contribution in [0.4, 0.5) is 0 Å². The first-order chi connectivity index (χ1) is 7.29. The van der Waals surface area contributed by atoms with Crippen LogP contribution in [0.25, 0.3) is 6.20 Å². The molecule has 2 rings (SSSR count). The van der Waals surface area contributed by atoms with Gasteiger partial charge in [-0.15, -0.1) is 11.3 Å². The smallest absolute Gasteiger partial charge is 0.248 e. The summed E-state index contributed by atoms with van der Waals surface area (Å²) in [6.07, 6.45) is 7.23. The molecule has 0 N–H and O–H groups in total. The summed E-state index contributed by atoms with van der Waals surface area (Å²) in [5.74, 6) is 0.136. The summed E-state index contributed by atoms with van der Waals surface area (Å²) in [6, 6.07) is 3.73. The fourth-order valence-electron chi connectivity index (χ4n) is 1.29. The number of thiophene rings is 1. The molecule has 0 aliphatic rings. The topological polar surface area (TPSA) is 25.9 Å². The highest BCUT2D eigenvalue weighted by Gasteiger charge is 2.11. The Morgan fingerprint density at radius 3 is 3.13 bits per heavy atom. The van der Waals surface area contributed by atoms with Gasteiger partial charge in [-0.05, 0) is 11.4 Å². The number of aromatic nitrogens is 2. The predicted molar refractivity (Wildman–Crippen MR) is 59.7 cm³/mol. The van der Waals surface area contributed by atoms with E-state index in [4.69, 9.17) is 0 Å². The van der Waals surface area contributed by atoms with Crippen molar-refractivity contribution in [2.45, 2.75) is 6.54 Å². The zero-order chi connectivity index (χ0) is 10.7. The number of ketones is 1. The van der Waals surface area contributed by atoms with Crippen molar-refractivity contribution < 1.29 is 9.36 Å². The van der Waals surface area contributed by atoms with Gasteiger partial charge in [0.2, 0.25) is 12.1 Å². The standard InChI is InChI=1S/C11H11N2OS/c1-2-12-5-6-13(9-12)8-10(14)11-4-3-7-15-11/h2-7,9H,1,8H2/q+1. The molecule has 0 amide bonds. The van der Waals surface area contributed by atoms with Gasteiger partial charge >= 0.3 is 0 Å². The van der Waals surface area contributed by atoms with E-state index >= 15 is 0 Å². The van der Waals surface area contributed by atoms with Crippen molar-refractivity contribution in [1.82, 2.24) is 4.57 Å². The van der Waals surface area contributed by atoms with E-state index in [9.17, 15) is 4.79 Å². The summed E-state index contributed by atoms with van der Waals surface area (Å²) in [7, 11) is 0. The van der Waals surface area contributed by atoms with Crippen molar-refractivity contribution in [3.05, 3.63) is 47.7 Å². The molecular formula is C11H11N2OS+. The van der Waals surface area contributed by atoms with E-state index in [0.717, 1.165) is 4.88 Å². The Bertz CT molecular complexity index is 471. The highest BCUT2D eigenvalue weighted by atomic mass is 32.1. The Morgan fingerprint density at radius 1 is 1.67 bits per heavy atom. The van der Waals surface area contributed by atoms with E-state index in [1.54, 1.807) is 6.20 Å². The molecule has 0 bridgehead atoms. The van der Waals surface area contributed by atoms with Gasteiger partial charge in [0.15, 0.2) is 6.54 Å². The molecule has 0 saturated carbocycles. The minimum absolute atomic E-state index is 0.136. The molecule has 0 atom stereocenters. The monoisotopic (exact) mass is 219 g/mol. The zero-order valence-electron chi connectivity index (χ0n) is 8.17. The molecule has 2 aromatic heterocycles. The fourth-order valence-corrected chi connectivity index (χ4v) is 1.95. The number of Topliss-reactive ketones (excluding diaryl/α,β-unsaturated/α-hetero) is 1. The van der Waals surface area contributed by atoms with Gasteiger partial charge in [-0.1, -0.05) is 12.6 Å². The van der Waals surface area contributed by atoms with Gasteiger partial charge in [0.25, 0.3) is 0 Å². The van der Waals surface area contributed by atoms with Crippen LogP contribution in [0, 0.1) is 0 Å². The fraction of sp³-hybridized carbons (Fsp3) is 0.0909. The molecule has 2 heterocycles. The Hall–Kier alpha value is -1.68. The Labute approximate surface area is 91.9 Å². The molecule has 0 saturated heterocycles. The zero-order valence-corrected chi connectivity index (χ0v) is 8.98. The molecule has 0 unspecified atom stereocenters. The van der Waals surface area contributed by atoms with Crippen LogP contribution in [0.15, 0.2) is 42.8 Å². The number of carbonyl (C=O) groups excluding carboxylic acids is 1. The van der Waals surface area contributed by atoms with Gasteiger partial charge in [0, 0.05) is 0 Å². The third-order valence-electron chi connectivity index (χ3n) is 2.04. The van der Waals surface area contributed by atoms with Gasteiger partial charge in [-0.2, -0.15) is 0 Å². The van der Waals surface area contributed by atoms with Crippen LogP contribution in [0.5, 0.6) is 0 Å². The molecular weight excluding hydrogens is 208 g/mol. The maximum absolute atomic E-state index is 11.7. The van der Waals surface area contributed by atoms with E-state index < -0.39 is 0 Å². The number of nitrogens with zero attached hydrogens (tertiary/aromatic N) is 2. The van der Waals surface area contributed by atoms with Gasteiger partial charge in [-0.25, -0.2) is 9.13 Å². The molecule has 15 heavy (non-hydrogen) atoms. The summed E-state index contributed by atoms with van der Waals surface area (Å²) in [5.41, 5.74) is 0. The molecule has 0 aromatic carbocycles. The summed E-state index contributed by atoms with van der Waals surface area (Å²) < 4.78 is 3.64. The second-order valence-electron chi connectivity index (χ2n) is 3.12. The van der Waals surface area contributed by atoms with E-state index in [2.05, 4.69) is 6.58 Å². The maximum atomic E-state index is 11.7. The second-order valence-corrected chi connectivity index (χ2v) is 4.06. The largest absolute Gasteiger partial charge is 0.289 e. The molecule has 0 radical (unpaired) electrons. The van der Waals surface area contributed by atoms with Crippen LogP contribution in [-0.4, -0.2) is 10.4 Å². The van der Waals surface area contributed by atoms with E-state index in [0.29, 0.717) is 6.54 Å². The molecule has 4 heteroatoms. The lowest BCUT2D eigenvalue weighted by molar-refractivity contribution is -0.682. The van der Waals surface area contributed by atoms with Gasteiger partial charge in [0.1, 0.15) is 12.4 Å². The van der Waals surface area contributed by atoms with Gasteiger partial charge in [0.05, 0.1) is 11.1 Å². The van der Waals surface area contributed by atoms with Crippen LogP contribution in [0.3, 0.4) is 0 Å². The predicted octanol–water partition coefficient (Wildman–Crippen LogP) is 1.82. The lowest BCUT2D eigenvalue weighted by Gasteiger charge is -1.92. The van der Waals surface area contributed by atoms with Crippen LogP contribution >= 0.6 is 11.3 Å². The minimum Gasteiger partial charge on any atom is -0.289 e. The Balaban J connectivity index is 2.09. The summed E-state index contributed by atoms with van der Waals surface area (Å²) in [5, 5.41) is 1.91. The Kier molecular flexibility index (Phi) is 2.78. The average Bonchev–Trinajstić information content (AvgIpc) is 2.87. The first kappa shape index (κ1) is 9.86. The molecule has 0 aliphatic heterocycles. The molecule has 0 aliphatic carbocycles. The lowest BCUT2D eigenvalue weighted by atomic mass is 10.3. The van der Waals surface area contributed by atoms with Crippen molar-refractivity contribution in [3.63, 3.8) is 0 Å². The van der Waals surface area contributed by atoms with Crippen molar-refractivity contribution >= 4 is 23.3 Å². The molecule has 2 aromatic rings. The number of rotatable bonds is 4. The molecule has 76 valence electrons. The normalized spacial score (nSPS) is 10.1. The molecule has 0 fully saturated rings. The maximum Gasteiger partial charge on any atom is 0.248 e. The van der Waals surface area contributed by atoms with E-state index in [-0.39, 0.29) is 5.78 Å². The minimum atomic E-state index is 0.136. The van der Waals surface area contributed by atoms with Crippen LogP contribution in [0.1, 0.15) is 9.67 Å². The first-order valence-corrected chi connectivity index (χ1v) is 5.43. The number of hydrogen-bond donors (Lipinski definition) is 0. The van der Waals surface area contributed by atoms with Crippen LogP contribution in [0.2, 0.25) is 0 Å². The summed E-state index contributed by atoms with van der Waals surface area (Å²) in [4.78, 5) is 12.5. The highest BCUT2D eigenvalue weighted by molar-refractivity contribution is 7.12. The third-order valence-corrected chi connectivity index (χ3v) is 2.96. The quantitative estimate of drug-likeness (QED) is 0.569. The summed E-state index contributed by atoms with van der Waals surface area (Å²) >= 11 is 1.47. The third kappa shape index (κ3) is 2.22. The molecule has 0 spiro atoms. The van der Waals surface area contributed by atoms with Crippen molar-refractivity contribution in [2.24, 2.45) is 0 Å². The number of imidazole rings is 1. The first-order valence-electron chi connectivity index (χ1n) is 4.55. The number of hydrogen-bond acceptors (Lipinski definition) is 2. The van der Waals surface area contributed by atoms with Gasteiger partial charge in [-0.3, -0.25) is 4.79 Å². The van der Waals surface area contributed by atoms with Crippen LogP contribution < -0.4 is 4.57 Å². The van der Waals surface area contributed by atoms with E-state index in [1.165, 1.54) is 11.3 Å². The molecule has 3 nitrogen and oxygen atoms in total. The van der Waals surface area contributed by atoms with Gasteiger partial charge < -0.3 is 0 Å². The summed E-state index contributed by atoms with van der Waals surface area (Å²) in [6.45, 7) is 4.02. The van der Waals surface area contributed by atoms with E-state index in [1.807, 2.05) is 45.4 Å². The highest BCUT2D eigenvalue weighted by Crippen LogP contribution is 2.08. The van der Waals surface area contributed by atoms with Crippen molar-refractivity contribution in [2.75, 3.05) is 0 Å². The second kappa shape index (κ2) is 4.23. The number of carbonyl (C=O) groups is 1. The Morgan fingerprint density at radius 2 is 2.53 bits per heavy atom. The average molecular weight is 219 g/mol. The van der Waals surface area contributed by atoms with Crippen molar-refractivity contribution in [1.29, 1.82) is 0 Å².